The van der Waals surface area contributed by atoms with Gasteiger partial charge in [-0.1, -0.05) is 50.3 Å². The molecule has 7 heteroatoms. The van der Waals surface area contributed by atoms with E-state index in [-0.39, 0.29) is 6.10 Å². The van der Waals surface area contributed by atoms with Gasteiger partial charge in [0, 0.05) is 0 Å². The minimum Gasteiger partial charge on any atom is -0.483 e. The lowest BCUT2D eigenvalue weighted by atomic mass is 10.3. The van der Waals surface area contributed by atoms with Crippen molar-refractivity contribution in [2.45, 2.75) is 39.8 Å². The molecule has 0 radical (unpaired) electrons. The minimum absolute atomic E-state index is 0.0691. The van der Waals surface area contributed by atoms with Crippen molar-refractivity contribution < 1.29 is 4.74 Å². The van der Waals surface area contributed by atoms with Gasteiger partial charge in [-0.15, -0.1) is 10.2 Å². The summed E-state index contributed by atoms with van der Waals surface area (Å²) in [5.74, 6) is 1.74. The van der Waals surface area contributed by atoms with Crippen LogP contribution in [0.5, 0.6) is 5.75 Å². The van der Waals surface area contributed by atoms with Gasteiger partial charge in [-0.3, -0.25) is 4.90 Å². The number of rotatable bonds is 8. The van der Waals surface area contributed by atoms with Crippen LogP contribution in [0.1, 0.15) is 44.1 Å². The molecule has 6 nitrogen and oxygen atoms in total. The Morgan fingerprint density at radius 1 is 1.12 bits per heavy atom. The Morgan fingerprint density at radius 3 is 2.54 bits per heavy atom. The van der Waals surface area contributed by atoms with Crippen molar-refractivity contribution in [3.63, 3.8) is 0 Å². The highest BCUT2D eigenvalue weighted by Gasteiger charge is 2.20. The van der Waals surface area contributed by atoms with Gasteiger partial charge in [-0.2, -0.15) is 9.61 Å². The van der Waals surface area contributed by atoms with Crippen LogP contribution < -0.4 is 4.74 Å². The average Bonchev–Trinajstić information content (AvgIpc) is 3.19. The lowest BCUT2D eigenvalue weighted by Gasteiger charge is -2.16. The normalized spacial score (nSPS) is 12.8. The molecule has 0 fully saturated rings. The lowest BCUT2D eigenvalue weighted by molar-refractivity contribution is 0.199. The Morgan fingerprint density at radius 2 is 1.88 bits per heavy atom. The summed E-state index contributed by atoms with van der Waals surface area (Å²) in [6, 6.07) is 9.87. The molecule has 0 aliphatic rings. The summed E-state index contributed by atoms with van der Waals surface area (Å²) in [6.07, 6.45) is 0.782. The predicted molar refractivity (Wildman–Crippen MR) is 95.4 cm³/mol. The maximum absolute atomic E-state index is 6.09. The van der Waals surface area contributed by atoms with Crippen LogP contribution in [0.2, 0.25) is 0 Å². The van der Waals surface area contributed by atoms with Gasteiger partial charge >= 0.3 is 0 Å². The molecule has 3 aromatic rings. The molecule has 0 aliphatic carbocycles. The molecule has 0 bridgehead atoms. The van der Waals surface area contributed by atoms with Crippen LogP contribution in [0.4, 0.5) is 0 Å². The molecule has 0 saturated carbocycles. The number of benzene rings is 1. The number of hydrogen-bond donors (Lipinski definition) is 0. The molecule has 3 rings (SSSR count). The summed E-state index contributed by atoms with van der Waals surface area (Å²) in [5, 5.41) is 14.2. The second-order valence-electron chi connectivity index (χ2n) is 5.54. The minimum atomic E-state index is -0.0691. The maximum Gasteiger partial charge on any atom is 0.234 e. The van der Waals surface area contributed by atoms with Crippen molar-refractivity contribution >= 4 is 16.3 Å². The van der Waals surface area contributed by atoms with Gasteiger partial charge in [0.05, 0.1) is 6.54 Å². The standard InChI is InChI=1S/C17H23N5OS/c1-4-14(23-13-10-8-7-9-11-13)16-20-22-15(12-21(5-2)6-3)18-19-17(22)24-16/h7-11,14H,4-6,12H2,1-3H3/t14-/m0/s1. The summed E-state index contributed by atoms with van der Waals surface area (Å²) in [7, 11) is 0. The monoisotopic (exact) mass is 345 g/mol. The molecular formula is C17H23N5OS. The number of fused-ring (bicyclic) bond motifs is 1. The van der Waals surface area contributed by atoms with Crippen molar-refractivity contribution in [1.82, 2.24) is 24.7 Å². The molecule has 2 aromatic heterocycles. The van der Waals surface area contributed by atoms with E-state index in [1.165, 1.54) is 0 Å². The van der Waals surface area contributed by atoms with Gasteiger partial charge in [0.2, 0.25) is 4.96 Å². The number of aromatic nitrogens is 4. The summed E-state index contributed by atoms with van der Waals surface area (Å²) in [5.41, 5.74) is 0. The highest BCUT2D eigenvalue weighted by Crippen LogP contribution is 2.28. The van der Waals surface area contributed by atoms with Gasteiger partial charge in [0.25, 0.3) is 0 Å². The molecule has 0 spiro atoms. The number of hydrogen-bond acceptors (Lipinski definition) is 6. The molecule has 0 saturated heterocycles. The van der Waals surface area contributed by atoms with E-state index < -0.39 is 0 Å². The number of ether oxygens (including phenoxy) is 1. The summed E-state index contributed by atoms with van der Waals surface area (Å²) >= 11 is 1.55. The zero-order valence-corrected chi connectivity index (χ0v) is 15.2. The van der Waals surface area contributed by atoms with Crippen molar-refractivity contribution in [3.8, 4) is 5.75 Å². The highest BCUT2D eigenvalue weighted by molar-refractivity contribution is 7.16. The summed E-state index contributed by atoms with van der Waals surface area (Å²) in [6.45, 7) is 9.12. The van der Waals surface area contributed by atoms with Gasteiger partial charge in [0.1, 0.15) is 5.75 Å². The first-order valence-corrected chi connectivity index (χ1v) is 9.21. The van der Waals surface area contributed by atoms with E-state index in [1.54, 1.807) is 11.3 Å². The molecule has 0 unspecified atom stereocenters. The van der Waals surface area contributed by atoms with Gasteiger partial charge in [0.15, 0.2) is 16.9 Å². The molecule has 0 N–H and O–H groups in total. The molecular weight excluding hydrogens is 322 g/mol. The van der Waals surface area contributed by atoms with Gasteiger partial charge in [-0.05, 0) is 31.6 Å². The lowest BCUT2D eigenvalue weighted by Crippen LogP contribution is -2.23. The van der Waals surface area contributed by atoms with Crippen molar-refractivity contribution in [2.75, 3.05) is 13.1 Å². The smallest absolute Gasteiger partial charge is 0.234 e. The zero-order chi connectivity index (χ0) is 16.9. The molecule has 2 heterocycles. The Bertz CT molecular complexity index is 766. The largest absolute Gasteiger partial charge is 0.483 e. The van der Waals surface area contributed by atoms with Crippen LogP contribution >= 0.6 is 11.3 Å². The van der Waals surface area contributed by atoms with E-state index in [0.29, 0.717) is 0 Å². The Hall–Kier alpha value is -1.99. The predicted octanol–water partition coefficient (Wildman–Crippen LogP) is 3.56. The quantitative estimate of drug-likeness (QED) is 0.625. The van der Waals surface area contributed by atoms with E-state index in [1.807, 2.05) is 34.8 Å². The second kappa shape index (κ2) is 7.72. The van der Waals surface area contributed by atoms with Crippen LogP contribution in [0, 0.1) is 0 Å². The van der Waals surface area contributed by atoms with E-state index in [2.05, 4.69) is 35.9 Å². The van der Waals surface area contributed by atoms with Gasteiger partial charge in [-0.25, -0.2) is 0 Å². The van der Waals surface area contributed by atoms with Crippen LogP contribution in [0.25, 0.3) is 4.96 Å². The third kappa shape index (κ3) is 3.57. The molecule has 1 atom stereocenters. The van der Waals surface area contributed by atoms with Gasteiger partial charge < -0.3 is 4.74 Å². The summed E-state index contributed by atoms with van der Waals surface area (Å²) < 4.78 is 7.94. The zero-order valence-electron chi connectivity index (χ0n) is 14.3. The molecule has 0 amide bonds. The Balaban J connectivity index is 1.82. The average molecular weight is 345 g/mol. The van der Waals surface area contributed by atoms with E-state index in [4.69, 9.17) is 9.84 Å². The third-order valence-corrected chi connectivity index (χ3v) is 4.99. The SMILES string of the molecule is CC[C@H](Oc1ccccc1)c1nn2c(CN(CC)CC)nnc2s1. The van der Waals surface area contributed by atoms with E-state index in [0.717, 1.165) is 47.6 Å². The van der Waals surface area contributed by atoms with Crippen LogP contribution in [-0.2, 0) is 6.54 Å². The van der Waals surface area contributed by atoms with Crippen LogP contribution in [0.15, 0.2) is 30.3 Å². The van der Waals surface area contributed by atoms with E-state index >= 15 is 0 Å². The fraction of sp³-hybridized carbons (Fsp3) is 0.471. The van der Waals surface area contributed by atoms with E-state index in [9.17, 15) is 0 Å². The number of nitrogens with zero attached hydrogens (tertiary/aromatic N) is 5. The maximum atomic E-state index is 6.09. The van der Waals surface area contributed by atoms with Crippen molar-refractivity contribution in [3.05, 3.63) is 41.2 Å². The Labute approximate surface area is 146 Å². The fourth-order valence-corrected chi connectivity index (χ4v) is 3.49. The number of para-hydroxylation sites is 1. The van der Waals surface area contributed by atoms with Crippen LogP contribution in [0.3, 0.4) is 0 Å². The molecule has 0 aliphatic heterocycles. The topological polar surface area (TPSA) is 55.6 Å². The first-order valence-electron chi connectivity index (χ1n) is 8.40. The first-order chi connectivity index (χ1) is 11.7. The Kier molecular flexibility index (Phi) is 5.42. The van der Waals surface area contributed by atoms with Crippen molar-refractivity contribution in [1.29, 1.82) is 0 Å². The third-order valence-electron chi connectivity index (χ3n) is 4.00. The highest BCUT2D eigenvalue weighted by atomic mass is 32.1. The fourth-order valence-electron chi connectivity index (χ4n) is 2.52. The second-order valence-corrected chi connectivity index (χ2v) is 6.53. The van der Waals surface area contributed by atoms with Crippen molar-refractivity contribution in [2.24, 2.45) is 0 Å². The molecule has 128 valence electrons. The molecule has 1 aromatic carbocycles. The first kappa shape index (κ1) is 16.9. The van der Waals surface area contributed by atoms with Crippen LogP contribution in [-0.4, -0.2) is 37.8 Å². The summed E-state index contributed by atoms with van der Waals surface area (Å²) in [4.78, 5) is 3.12. The molecule has 24 heavy (non-hydrogen) atoms.